The van der Waals surface area contributed by atoms with E-state index in [2.05, 4.69) is 15.3 Å². The number of fused-ring (bicyclic) bond motifs is 1. The highest BCUT2D eigenvalue weighted by molar-refractivity contribution is 7.17. The summed E-state index contributed by atoms with van der Waals surface area (Å²) in [5.74, 6) is -2.69. The van der Waals surface area contributed by atoms with Crippen LogP contribution in [0.2, 0.25) is 5.02 Å². The molecule has 4 rings (SSSR count). The molecule has 1 unspecified atom stereocenters. The van der Waals surface area contributed by atoms with Crippen molar-refractivity contribution in [2.24, 2.45) is 0 Å². The Balaban J connectivity index is 1.63. The van der Waals surface area contributed by atoms with Gasteiger partial charge in [-0.25, -0.2) is 18.4 Å². The Hall–Kier alpha value is -2.60. The van der Waals surface area contributed by atoms with E-state index in [1.165, 1.54) is 27.8 Å². The topological polar surface area (TPSA) is 97.7 Å². The van der Waals surface area contributed by atoms with E-state index in [0.717, 1.165) is 18.3 Å². The van der Waals surface area contributed by atoms with Crippen LogP contribution in [0.25, 0.3) is 10.5 Å². The van der Waals surface area contributed by atoms with Gasteiger partial charge < -0.3 is 14.9 Å². The maximum atomic E-state index is 14.2. The summed E-state index contributed by atoms with van der Waals surface area (Å²) in [4.78, 5) is 4.18. The molecule has 0 aliphatic heterocycles. The Morgan fingerprint density at radius 2 is 2.16 bits per heavy atom. The molecule has 0 fully saturated rings. The molecule has 3 aromatic heterocycles. The lowest BCUT2D eigenvalue weighted by Gasteiger charge is -2.14. The van der Waals surface area contributed by atoms with Gasteiger partial charge in [0.25, 0.3) is 5.92 Å². The first-order chi connectivity index (χ1) is 14.8. The van der Waals surface area contributed by atoms with E-state index in [0.29, 0.717) is 34.3 Å². The van der Waals surface area contributed by atoms with Crippen LogP contribution in [0.4, 0.5) is 8.78 Å². The molecule has 0 saturated carbocycles. The van der Waals surface area contributed by atoms with Crippen LogP contribution < -0.4 is 4.74 Å². The Morgan fingerprint density at radius 1 is 1.35 bits per heavy atom. The summed E-state index contributed by atoms with van der Waals surface area (Å²) >= 11 is 7.11. The standard InChI is InChI=1S/C19H18ClF2N5O3S/c1-19(21,22)18-16(26-10-23-8-15(26)31-18)17(29)13-9-27(25-24-13)11-3-4-14(12(20)7-11)30-6-2-5-28/h3-4,7-10,17,28-29H,2,5-6H2,1H3. The molecule has 0 spiro atoms. The fourth-order valence-electron chi connectivity index (χ4n) is 3.04. The minimum atomic E-state index is -3.14. The number of benzene rings is 1. The molecule has 3 heterocycles. The molecule has 8 nitrogen and oxygen atoms in total. The second-order valence-electron chi connectivity index (χ2n) is 6.84. The molecule has 2 N–H and O–H groups in total. The maximum Gasteiger partial charge on any atom is 0.281 e. The molecular formula is C19H18ClF2N5O3S. The van der Waals surface area contributed by atoms with Crippen molar-refractivity contribution in [2.45, 2.75) is 25.4 Å². The van der Waals surface area contributed by atoms with E-state index >= 15 is 0 Å². The number of alkyl halides is 2. The molecule has 0 aliphatic carbocycles. The summed E-state index contributed by atoms with van der Waals surface area (Å²) in [5, 5.41) is 28.0. The molecule has 12 heteroatoms. The number of aromatic nitrogens is 5. The van der Waals surface area contributed by atoms with Crippen molar-refractivity contribution in [3.05, 3.63) is 58.2 Å². The molecule has 1 aromatic carbocycles. The number of thiazole rings is 1. The summed E-state index contributed by atoms with van der Waals surface area (Å²) in [6, 6.07) is 4.94. The van der Waals surface area contributed by atoms with E-state index in [1.807, 2.05) is 0 Å². The van der Waals surface area contributed by atoms with Gasteiger partial charge in [0, 0.05) is 20.0 Å². The van der Waals surface area contributed by atoms with Gasteiger partial charge in [0.05, 0.1) is 40.3 Å². The third kappa shape index (κ3) is 4.26. The molecule has 0 amide bonds. The second kappa shape index (κ2) is 8.50. The van der Waals surface area contributed by atoms with Gasteiger partial charge in [-0.15, -0.1) is 16.4 Å². The summed E-state index contributed by atoms with van der Waals surface area (Å²) in [6.45, 7) is 1.12. The quantitative estimate of drug-likeness (QED) is 0.383. The van der Waals surface area contributed by atoms with Crippen LogP contribution in [-0.2, 0) is 5.92 Å². The number of imidazole rings is 1. The second-order valence-corrected chi connectivity index (χ2v) is 8.28. The largest absolute Gasteiger partial charge is 0.492 e. The highest BCUT2D eigenvalue weighted by Gasteiger charge is 2.35. The van der Waals surface area contributed by atoms with Gasteiger partial charge in [-0.1, -0.05) is 16.8 Å². The van der Waals surface area contributed by atoms with Crippen LogP contribution in [0.15, 0.2) is 36.9 Å². The van der Waals surface area contributed by atoms with E-state index in [9.17, 15) is 13.9 Å². The van der Waals surface area contributed by atoms with Gasteiger partial charge >= 0.3 is 0 Å². The molecule has 1 atom stereocenters. The number of ether oxygens (including phenoxy) is 1. The normalized spacial score (nSPS) is 13.1. The highest BCUT2D eigenvalue weighted by Crippen LogP contribution is 2.40. The average molecular weight is 470 g/mol. The van der Waals surface area contributed by atoms with Crippen molar-refractivity contribution >= 4 is 27.8 Å². The van der Waals surface area contributed by atoms with Crippen LogP contribution >= 0.6 is 22.9 Å². The molecule has 0 saturated heterocycles. The predicted molar refractivity (Wildman–Crippen MR) is 110 cm³/mol. The van der Waals surface area contributed by atoms with Crippen LogP contribution in [0, 0.1) is 0 Å². The van der Waals surface area contributed by atoms with Crippen molar-refractivity contribution in [3.63, 3.8) is 0 Å². The van der Waals surface area contributed by atoms with E-state index in [-0.39, 0.29) is 22.9 Å². The minimum absolute atomic E-state index is 0.00251. The number of halogens is 3. The zero-order valence-corrected chi connectivity index (χ0v) is 17.8. The SMILES string of the molecule is CC(F)(F)c1sc2cncn2c1C(O)c1cn(-c2ccc(OCCCO)c(Cl)c2)nn1. The Bertz CT molecular complexity index is 1200. The fourth-order valence-corrected chi connectivity index (χ4v) is 4.33. The predicted octanol–water partition coefficient (Wildman–Crippen LogP) is 3.58. The first kappa shape index (κ1) is 21.6. The van der Waals surface area contributed by atoms with Crippen molar-refractivity contribution in [3.8, 4) is 11.4 Å². The first-order valence-corrected chi connectivity index (χ1v) is 10.5. The van der Waals surface area contributed by atoms with Gasteiger partial charge in [0.2, 0.25) is 0 Å². The number of nitrogens with zero attached hydrogens (tertiary/aromatic N) is 5. The van der Waals surface area contributed by atoms with Crippen LogP contribution in [0.5, 0.6) is 5.75 Å². The third-order valence-electron chi connectivity index (χ3n) is 4.49. The molecule has 31 heavy (non-hydrogen) atoms. The van der Waals surface area contributed by atoms with Crippen LogP contribution in [-0.4, -0.2) is 47.8 Å². The van der Waals surface area contributed by atoms with Crippen molar-refractivity contribution in [1.82, 2.24) is 24.4 Å². The number of aliphatic hydroxyl groups is 2. The molecule has 0 radical (unpaired) electrons. The van der Waals surface area contributed by atoms with Crippen LogP contribution in [0.1, 0.15) is 35.7 Å². The van der Waals surface area contributed by atoms with Crippen molar-refractivity contribution < 1.29 is 23.7 Å². The smallest absolute Gasteiger partial charge is 0.281 e. The van der Waals surface area contributed by atoms with Crippen LogP contribution in [0.3, 0.4) is 0 Å². The van der Waals surface area contributed by atoms with Crippen molar-refractivity contribution in [1.29, 1.82) is 0 Å². The molecule has 0 aliphatic rings. The number of aliphatic hydroxyl groups excluding tert-OH is 2. The molecule has 164 valence electrons. The Morgan fingerprint density at radius 3 is 2.87 bits per heavy atom. The molecule has 0 bridgehead atoms. The van der Waals surface area contributed by atoms with Gasteiger partial charge in [-0.3, -0.25) is 4.40 Å². The maximum absolute atomic E-state index is 14.2. The van der Waals surface area contributed by atoms with E-state index < -0.39 is 12.0 Å². The fraction of sp³-hybridized carbons (Fsp3) is 0.316. The van der Waals surface area contributed by atoms with Gasteiger partial charge in [-0.2, -0.15) is 0 Å². The van der Waals surface area contributed by atoms with Gasteiger partial charge in [0.1, 0.15) is 28.7 Å². The summed E-state index contributed by atoms with van der Waals surface area (Å²) in [5.41, 5.74) is 0.644. The number of hydrogen-bond donors (Lipinski definition) is 2. The zero-order chi connectivity index (χ0) is 22.2. The third-order valence-corrected chi connectivity index (χ3v) is 6.07. The lowest BCUT2D eigenvalue weighted by molar-refractivity contribution is 0.0180. The summed E-state index contributed by atoms with van der Waals surface area (Å²) < 4.78 is 36.6. The van der Waals surface area contributed by atoms with Crippen molar-refractivity contribution in [2.75, 3.05) is 13.2 Å². The molecule has 4 aromatic rings. The van der Waals surface area contributed by atoms with Gasteiger partial charge in [-0.05, 0) is 18.2 Å². The summed E-state index contributed by atoms with van der Waals surface area (Å²) in [6.07, 6.45) is 3.32. The molecular weight excluding hydrogens is 452 g/mol. The zero-order valence-electron chi connectivity index (χ0n) is 16.2. The van der Waals surface area contributed by atoms with Gasteiger partial charge in [0.15, 0.2) is 0 Å². The summed E-state index contributed by atoms with van der Waals surface area (Å²) in [7, 11) is 0. The average Bonchev–Trinajstić information content (AvgIpc) is 3.44. The first-order valence-electron chi connectivity index (χ1n) is 9.26. The highest BCUT2D eigenvalue weighted by atomic mass is 35.5. The minimum Gasteiger partial charge on any atom is -0.492 e. The van der Waals surface area contributed by atoms with E-state index in [1.54, 1.807) is 18.2 Å². The lowest BCUT2D eigenvalue weighted by Crippen LogP contribution is -2.13. The Labute approximate surface area is 184 Å². The number of rotatable bonds is 8. The monoisotopic (exact) mass is 469 g/mol. The number of hydrogen-bond acceptors (Lipinski definition) is 7. The lowest BCUT2D eigenvalue weighted by atomic mass is 10.1. The van der Waals surface area contributed by atoms with E-state index in [4.69, 9.17) is 21.4 Å². The Kier molecular flexibility index (Phi) is 5.93.